The number of nitrogens with zero attached hydrogens (tertiary/aromatic N) is 3. The van der Waals surface area contributed by atoms with Crippen LogP contribution in [0.5, 0.6) is 0 Å². The summed E-state index contributed by atoms with van der Waals surface area (Å²) in [7, 11) is 0. The molecule has 0 saturated carbocycles. The Morgan fingerprint density at radius 1 is 0.867 bits per heavy atom. The van der Waals surface area contributed by atoms with Crippen molar-refractivity contribution in [3.8, 4) is 0 Å². The van der Waals surface area contributed by atoms with Crippen LogP contribution in [-0.2, 0) is 0 Å². The summed E-state index contributed by atoms with van der Waals surface area (Å²) in [5.41, 5.74) is 4.56. The number of nitrogens with one attached hydrogen (secondary N) is 2. The van der Waals surface area contributed by atoms with Gasteiger partial charge in [0.1, 0.15) is 17.5 Å². The van der Waals surface area contributed by atoms with Gasteiger partial charge in [-0.15, -0.1) is 0 Å². The monoisotopic (exact) mass is 403 g/mol. The van der Waals surface area contributed by atoms with Gasteiger partial charge in [0.05, 0.1) is 0 Å². The third kappa shape index (κ3) is 5.14. The summed E-state index contributed by atoms with van der Waals surface area (Å²) in [4.78, 5) is 23.7. The van der Waals surface area contributed by atoms with Crippen molar-refractivity contribution < 1.29 is 4.79 Å². The normalized spacial score (nSPS) is 10.6. The molecular weight excluding hydrogens is 374 g/mol. The van der Waals surface area contributed by atoms with E-state index >= 15 is 0 Å². The first-order valence-electron chi connectivity index (χ1n) is 10.3. The highest BCUT2D eigenvalue weighted by molar-refractivity contribution is 6.04. The summed E-state index contributed by atoms with van der Waals surface area (Å²) in [5.74, 6) is 2.26. The number of amides is 1. The maximum absolute atomic E-state index is 12.5. The summed E-state index contributed by atoms with van der Waals surface area (Å²) >= 11 is 0. The number of aromatic nitrogens is 2. The Morgan fingerprint density at radius 2 is 1.53 bits per heavy atom. The first kappa shape index (κ1) is 21.3. The Balaban J connectivity index is 1.70. The summed E-state index contributed by atoms with van der Waals surface area (Å²) in [6.45, 7) is 11.9. The van der Waals surface area contributed by atoms with Gasteiger partial charge in [-0.1, -0.05) is 6.07 Å². The number of aryl methyl sites for hydroxylation is 3. The molecule has 6 heteroatoms. The van der Waals surface area contributed by atoms with Gasteiger partial charge in [0.2, 0.25) is 0 Å². The molecule has 2 N–H and O–H groups in total. The lowest BCUT2D eigenvalue weighted by Gasteiger charge is -2.20. The van der Waals surface area contributed by atoms with Crippen molar-refractivity contribution in [2.45, 2.75) is 34.6 Å². The predicted molar refractivity (Wildman–Crippen MR) is 124 cm³/mol. The maximum Gasteiger partial charge on any atom is 0.255 e. The van der Waals surface area contributed by atoms with Crippen LogP contribution in [0.2, 0.25) is 0 Å². The highest BCUT2D eigenvalue weighted by Crippen LogP contribution is 2.22. The Labute approximate surface area is 178 Å². The van der Waals surface area contributed by atoms with Crippen molar-refractivity contribution in [1.82, 2.24) is 9.97 Å². The van der Waals surface area contributed by atoms with Gasteiger partial charge in [0, 0.05) is 36.1 Å². The number of benzene rings is 2. The fourth-order valence-corrected chi connectivity index (χ4v) is 3.20. The lowest BCUT2D eigenvalue weighted by atomic mass is 10.1. The molecule has 0 aliphatic rings. The Hall–Kier alpha value is -3.41. The Kier molecular flexibility index (Phi) is 6.67. The fourth-order valence-electron chi connectivity index (χ4n) is 3.20. The summed E-state index contributed by atoms with van der Waals surface area (Å²) in [6, 6.07) is 15.3. The number of anilines is 4. The van der Waals surface area contributed by atoms with Gasteiger partial charge in [0.25, 0.3) is 5.91 Å². The van der Waals surface area contributed by atoms with Gasteiger partial charge in [-0.05, 0) is 82.1 Å². The number of hydrogen-bond donors (Lipinski definition) is 2. The van der Waals surface area contributed by atoms with E-state index in [9.17, 15) is 4.79 Å². The second kappa shape index (κ2) is 9.39. The summed E-state index contributed by atoms with van der Waals surface area (Å²) in [6.07, 6.45) is 0. The van der Waals surface area contributed by atoms with Crippen LogP contribution in [0.1, 0.15) is 41.2 Å². The van der Waals surface area contributed by atoms with Crippen LogP contribution >= 0.6 is 0 Å². The number of hydrogen-bond acceptors (Lipinski definition) is 5. The Bertz CT molecular complexity index is 1030. The first-order chi connectivity index (χ1) is 14.4. The lowest BCUT2D eigenvalue weighted by molar-refractivity contribution is 0.102. The molecule has 0 radical (unpaired) electrons. The molecule has 3 rings (SSSR count). The summed E-state index contributed by atoms with van der Waals surface area (Å²) in [5, 5.41) is 6.27. The third-order valence-corrected chi connectivity index (χ3v) is 5.10. The van der Waals surface area contributed by atoms with Gasteiger partial charge in [-0.2, -0.15) is 0 Å². The van der Waals surface area contributed by atoms with Gasteiger partial charge in [-0.3, -0.25) is 4.79 Å². The zero-order valence-corrected chi connectivity index (χ0v) is 18.3. The van der Waals surface area contributed by atoms with E-state index in [0.717, 1.165) is 47.5 Å². The second-order valence-electron chi connectivity index (χ2n) is 7.29. The highest BCUT2D eigenvalue weighted by atomic mass is 16.1. The van der Waals surface area contributed by atoms with Gasteiger partial charge < -0.3 is 15.5 Å². The van der Waals surface area contributed by atoms with Gasteiger partial charge in [-0.25, -0.2) is 9.97 Å². The minimum absolute atomic E-state index is 0.117. The number of carbonyl (C=O) groups is 1. The SMILES string of the molecule is CCN(CC)c1cc(Nc2ccc(NC(=O)c3ccc(C)c(C)c3)cc2)nc(C)n1. The van der Waals surface area contributed by atoms with Crippen LogP contribution < -0.4 is 15.5 Å². The topological polar surface area (TPSA) is 70.2 Å². The molecule has 30 heavy (non-hydrogen) atoms. The van der Waals surface area contributed by atoms with Crippen molar-refractivity contribution in [3.63, 3.8) is 0 Å². The van der Waals surface area contributed by atoms with Crippen LogP contribution in [0, 0.1) is 20.8 Å². The van der Waals surface area contributed by atoms with Crippen LogP contribution in [0.25, 0.3) is 0 Å². The molecule has 0 aliphatic carbocycles. The second-order valence-corrected chi connectivity index (χ2v) is 7.29. The van der Waals surface area contributed by atoms with E-state index in [1.807, 2.05) is 69.3 Å². The van der Waals surface area contributed by atoms with Crippen LogP contribution in [0.15, 0.2) is 48.5 Å². The minimum Gasteiger partial charge on any atom is -0.357 e. The van der Waals surface area contributed by atoms with Crippen molar-refractivity contribution in [2.24, 2.45) is 0 Å². The van der Waals surface area contributed by atoms with Crippen molar-refractivity contribution in [3.05, 3.63) is 71.0 Å². The molecule has 1 heterocycles. The van der Waals surface area contributed by atoms with E-state index in [2.05, 4.69) is 39.3 Å². The maximum atomic E-state index is 12.5. The fraction of sp³-hybridized carbons (Fsp3) is 0.292. The zero-order chi connectivity index (χ0) is 21.7. The molecular formula is C24H29N5O. The third-order valence-electron chi connectivity index (χ3n) is 5.10. The van der Waals surface area contributed by atoms with Crippen molar-refractivity contribution in [1.29, 1.82) is 0 Å². The molecule has 0 saturated heterocycles. The summed E-state index contributed by atoms with van der Waals surface area (Å²) < 4.78 is 0. The molecule has 6 nitrogen and oxygen atoms in total. The van der Waals surface area contributed by atoms with Crippen molar-refractivity contribution in [2.75, 3.05) is 28.6 Å². The van der Waals surface area contributed by atoms with E-state index in [1.54, 1.807) is 0 Å². The van der Waals surface area contributed by atoms with Gasteiger partial charge in [0.15, 0.2) is 0 Å². The molecule has 0 atom stereocenters. The zero-order valence-electron chi connectivity index (χ0n) is 18.3. The average molecular weight is 404 g/mol. The largest absolute Gasteiger partial charge is 0.357 e. The first-order valence-corrected chi connectivity index (χ1v) is 10.3. The Morgan fingerprint density at radius 3 is 2.17 bits per heavy atom. The molecule has 1 aromatic heterocycles. The molecule has 0 spiro atoms. The molecule has 3 aromatic rings. The lowest BCUT2D eigenvalue weighted by Crippen LogP contribution is -2.23. The molecule has 0 fully saturated rings. The smallest absolute Gasteiger partial charge is 0.255 e. The number of rotatable bonds is 7. The van der Waals surface area contributed by atoms with Crippen LogP contribution in [0.4, 0.5) is 23.0 Å². The van der Waals surface area contributed by atoms with E-state index in [-0.39, 0.29) is 5.91 Å². The van der Waals surface area contributed by atoms with E-state index in [4.69, 9.17) is 0 Å². The molecule has 1 amide bonds. The molecule has 0 unspecified atom stereocenters. The molecule has 0 bridgehead atoms. The van der Waals surface area contributed by atoms with E-state index in [1.165, 1.54) is 5.56 Å². The molecule has 2 aromatic carbocycles. The molecule has 156 valence electrons. The molecule has 0 aliphatic heterocycles. The predicted octanol–water partition coefficient (Wildman–Crippen LogP) is 5.24. The minimum atomic E-state index is -0.117. The number of carbonyl (C=O) groups excluding carboxylic acids is 1. The van der Waals surface area contributed by atoms with Gasteiger partial charge >= 0.3 is 0 Å². The van der Waals surface area contributed by atoms with E-state index < -0.39 is 0 Å². The standard InChI is InChI=1S/C24H29N5O/c1-6-29(7-2)23-15-22(25-18(5)26-23)27-20-10-12-21(13-11-20)28-24(30)19-9-8-16(3)17(4)14-19/h8-15H,6-7H2,1-5H3,(H,28,30)(H,25,26,27). The van der Waals surface area contributed by atoms with E-state index in [0.29, 0.717) is 5.56 Å². The van der Waals surface area contributed by atoms with Crippen LogP contribution in [-0.4, -0.2) is 29.0 Å². The average Bonchev–Trinajstić information content (AvgIpc) is 2.72. The highest BCUT2D eigenvalue weighted by Gasteiger charge is 2.09. The quantitative estimate of drug-likeness (QED) is 0.564. The van der Waals surface area contributed by atoms with Crippen molar-refractivity contribution >= 4 is 28.9 Å². The van der Waals surface area contributed by atoms with Crippen LogP contribution in [0.3, 0.4) is 0 Å².